The standard InChI is InChI=1S/C19H27N5O2/c1-5-6-15(4)26-19-22-17(20)9-18(23-19)24(11-14(3)25)12-16-8-7-13(2)21-10-16/h7-10,15H,5-6,11-12H2,1-4H3,(H2,20,22,23)/t15-/m0/s1. The van der Waals surface area contributed by atoms with Crippen LogP contribution in [0.3, 0.4) is 0 Å². The molecule has 0 aliphatic heterocycles. The van der Waals surface area contributed by atoms with Crippen LogP contribution in [0, 0.1) is 6.92 Å². The zero-order chi connectivity index (χ0) is 19.1. The highest BCUT2D eigenvalue weighted by atomic mass is 16.5. The lowest BCUT2D eigenvalue weighted by molar-refractivity contribution is -0.115. The molecular formula is C19H27N5O2. The number of Topliss-reactive ketones (excluding diaryl/α,β-unsaturated/α-hetero) is 1. The van der Waals surface area contributed by atoms with Crippen molar-refractivity contribution in [2.24, 2.45) is 0 Å². The highest BCUT2D eigenvalue weighted by Gasteiger charge is 2.15. The summed E-state index contributed by atoms with van der Waals surface area (Å²) in [6, 6.07) is 5.82. The molecule has 0 saturated heterocycles. The van der Waals surface area contributed by atoms with Crippen molar-refractivity contribution in [3.63, 3.8) is 0 Å². The average molecular weight is 357 g/mol. The van der Waals surface area contributed by atoms with Crippen LogP contribution in [0.15, 0.2) is 24.4 Å². The first-order chi connectivity index (χ1) is 12.4. The van der Waals surface area contributed by atoms with E-state index in [1.807, 2.05) is 30.9 Å². The number of hydrogen-bond donors (Lipinski definition) is 1. The molecule has 2 aromatic heterocycles. The number of nitrogens with zero attached hydrogens (tertiary/aromatic N) is 4. The average Bonchev–Trinajstić information content (AvgIpc) is 2.55. The predicted octanol–water partition coefficient (Wildman–Crippen LogP) is 2.93. The molecule has 7 heteroatoms. The summed E-state index contributed by atoms with van der Waals surface area (Å²) in [7, 11) is 0. The molecule has 0 bridgehead atoms. The summed E-state index contributed by atoms with van der Waals surface area (Å²) >= 11 is 0. The molecule has 2 aromatic rings. The molecule has 0 aromatic carbocycles. The molecule has 0 spiro atoms. The monoisotopic (exact) mass is 357 g/mol. The lowest BCUT2D eigenvalue weighted by Crippen LogP contribution is -2.29. The van der Waals surface area contributed by atoms with E-state index < -0.39 is 0 Å². The minimum Gasteiger partial charge on any atom is -0.460 e. The Kier molecular flexibility index (Phi) is 6.89. The minimum absolute atomic E-state index is 0.00259. The van der Waals surface area contributed by atoms with Gasteiger partial charge in [-0.05, 0) is 38.8 Å². The molecule has 7 nitrogen and oxygen atoms in total. The third-order valence-corrected chi connectivity index (χ3v) is 3.80. The van der Waals surface area contributed by atoms with E-state index in [1.54, 1.807) is 19.2 Å². The van der Waals surface area contributed by atoms with Gasteiger partial charge in [-0.1, -0.05) is 19.4 Å². The Morgan fingerprint density at radius 1 is 1.35 bits per heavy atom. The molecule has 1 atom stereocenters. The van der Waals surface area contributed by atoms with Gasteiger partial charge in [-0.25, -0.2) is 0 Å². The molecule has 0 amide bonds. The van der Waals surface area contributed by atoms with Crippen molar-refractivity contribution >= 4 is 17.4 Å². The SMILES string of the molecule is CCC[C@H](C)Oc1nc(N)cc(N(CC(C)=O)Cc2ccc(C)nc2)n1. The van der Waals surface area contributed by atoms with Gasteiger partial charge in [-0.3, -0.25) is 9.78 Å². The Hall–Kier alpha value is -2.70. The van der Waals surface area contributed by atoms with Crippen LogP contribution >= 0.6 is 0 Å². The number of rotatable bonds is 9. The zero-order valence-corrected chi connectivity index (χ0v) is 15.9. The van der Waals surface area contributed by atoms with E-state index in [4.69, 9.17) is 10.5 Å². The van der Waals surface area contributed by atoms with Gasteiger partial charge < -0.3 is 15.4 Å². The Morgan fingerprint density at radius 3 is 2.73 bits per heavy atom. The number of pyridine rings is 1. The maximum absolute atomic E-state index is 11.7. The molecule has 0 aliphatic carbocycles. The normalized spacial score (nSPS) is 11.8. The predicted molar refractivity (Wildman–Crippen MR) is 102 cm³/mol. The molecular weight excluding hydrogens is 330 g/mol. The summed E-state index contributed by atoms with van der Waals surface area (Å²) in [4.78, 5) is 26.5. The first-order valence-corrected chi connectivity index (χ1v) is 8.84. The zero-order valence-electron chi connectivity index (χ0n) is 15.9. The largest absolute Gasteiger partial charge is 0.460 e. The lowest BCUT2D eigenvalue weighted by Gasteiger charge is -2.23. The van der Waals surface area contributed by atoms with E-state index >= 15 is 0 Å². The van der Waals surface area contributed by atoms with E-state index in [0.717, 1.165) is 24.1 Å². The van der Waals surface area contributed by atoms with Crippen molar-refractivity contribution in [2.45, 2.75) is 53.2 Å². The molecule has 2 rings (SSSR count). The smallest absolute Gasteiger partial charge is 0.320 e. The maximum Gasteiger partial charge on any atom is 0.320 e. The van der Waals surface area contributed by atoms with Crippen LogP contribution in [0.4, 0.5) is 11.6 Å². The molecule has 140 valence electrons. The van der Waals surface area contributed by atoms with Gasteiger partial charge in [0.2, 0.25) is 0 Å². The molecule has 26 heavy (non-hydrogen) atoms. The summed E-state index contributed by atoms with van der Waals surface area (Å²) in [5.41, 5.74) is 7.86. The number of aryl methyl sites for hydroxylation is 1. The van der Waals surface area contributed by atoms with Crippen molar-refractivity contribution < 1.29 is 9.53 Å². The van der Waals surface area contributed by atoms with E-state index in [-0.39, 0.29) is 24.4 Å². The minimum atomic E-state index is -0.00259. The number of carbonyl (C=O) groups is 1. The van der Waals surface area contributed by atoms with Gasteiger partial charge >= 0.3 is 6.01 Å². The van der Waals surface area contributed by atoms with Gasteiger partial charge in [0.1, 0.15) is 17.4 Å². The van der Waals surface area contributed by atoms with Crippen molar-refractivity contribution in [3.8, 4) is 6.01 Å². The number of hydrogen-bond acceptors (Lipinski definition) is 7. The molecule has 0 unspecified atom stereocenters. The quantitative estimate of drug-likeness (QED) is 0.737. The van der Waals surface area contributed by atoms with Gasteiger partial charge in [0.15, 0.2) is 0 Å². The van der Waals surface area contributed by atoms with Crippen molar-refractivity contribution in [1.29, 1.82) is 0 Å². The number of ether oxygens (including phenoxy) is 1. The first kappa shape index (κ1) is 19.6. The Bertz CT molecular complexity index is 733. The van der Waals surface area contributed by atoms with Crippen molar-refractivity contribution in [2.75, 3.05) is 17.2 Å². The van der Waals surface area contributed by atoms with E-state index in [9.17, 15) is 4.79 Å². The van der Waals surface area contributed by atoms with Crippen molar-refractivity contribution in [1.82, 2.24) is 15.0 Å². The number of anilines is 2. The van der Waals surface area contributed by atoms with Gasteiger partial charge in [0, 0.05) is 24.5 Å². The maximum atomic E-state index is 11.7. The second kappa shape index (κ2) is 9.12. The third kappa shape index (κ3) is 5.98. The van der Waals surface area contributed by atoms with E-state index in [0.29, 0.717) is 18.2 Å². The molecule has 0 fully saturated rings. The van der Waals surface area contributed by atoms with Crippen LogP contribution in [0.5, 0.6) is 6.01 Å². The van der Waals surface area contributed by atoms with Gasteiger partial charge in [0.05, 0.1) is 12.6 Å². The Balaban J connectivity index is 2.27. The highest BCUT2D eigenvalue weighted by Crippen LogP contribution is 2.21. The molecule has 2 N–H and O–H groups in total. The highest BCUT2D eigenvalue weighted by molar-refractivity contribution is 5.80. The molecule has 0 saturated carbocycles. The van der Waals surface area contributed by atoms with Crippen LogP contribution in [-0.2, 0) is 11.3 Å². The lowest BCUT2D eigenvalue weighted by atomic mass is 10.2. The topological polar surface area (TPSA) is 94.2 Å². The fraction of sp³-hybridized carbons (Fsp3) is 0.474. The molecule has 0 aliphatic rings. The number of ketones is 1. The fourth-order valence-electron chi connectivity index (χ4n) is 2.59. The van der Waals surface area contributed by atoms with E-state index in [2.05, 4.69) is 21.9 Å². The second-order valence-corrected chi connectivity index (χ2v) is 6.52. The van der Waals surface area contributed by atoms with Crippen LogP contribution in [0.2, 0.25) is 0 Å². The van der Waals surface area contributed by atoms with Crippen molar-refractivity contribution in [3.05, 3.63) is 35.7 Å². The van der Waals surface area contributed by atoms with Crippen LogP contribution < -0.4 is 15.4 Å². The molecule has 2 heterocycles. The summed E-state index contributed by atoms with van der Waals surface area (Å²) in [5.74, 6) is 0.903. The summed E-state index contributed by atoms with van der Waals surface area (Å²) in [6.07, 6.45) is 3.71. The third-order valence-electron chi connectivity index (χ3n) is 3.80. The number of aromatic nitrogens is 3. The van der Waals surface area contributed by atoms with Gasteiger partial charge in [-0.2, -0.15) is 9.97 Å². The number of nitrogen functional groups attached to an aromatic ring is 1. The fourth-order valence-corrected chi connectivity index (χ4v) is 2.59. The number of nitrogens with two attached hydrogens (primary N) is 1. The Labute approximate surface area is 154 Å². The van der Waals surface area contributed by atoms with Crippen LogP contribution in [-0.4, -0.2) is 33.4 Å². The summed E-state index contributed by atoms with van der Waals surface area (Å²) < 4.78 is 5.77. The first-order valence-electron chi connectivity index (χ1n) is 8.84. The van der Waals surface area contributed by atoms with E-state index in [1.165, 1.54) is 0 Å². The number of carbonyl (C=O) groups excluding carboxylic acids is 1. The summed E-state index contributed by atoms with van der Waals surface area (Å²) in [6.45, 7) is 8.26. The summed E-state index contributed by atoms with van der Waals surface area (Å²) in [5, 5.41) is 0. The second-order valence-electron chi connectivity index (χ2n) is 6.52. The van der Waals surface area contributed by atoms with Crippen LogP contribution in [0.25, 0.3) is 0 Å². The molecule has 0 radical (unpaired) electrons. The Morgan fingerprint density at radius 2 is 2.12 bits per heavy atom. The van der Waals surface area contributed by atoms with Gasteiger partial charge in [0.25, 0.3) is 0 Å². The van der Waals surface area contributed by atoms with Crippen LogP contribution in [0.1, 0.15) is 44.9 Å². The van der Waals surface area contributed by atoms with Gasteiger partial charge in [-0.15, -0.1) is 0 Å².